The zero-order chi connectivity index (χ0) is 31.4. The molecule has 2 aromatic rings. The van der Waals surface area contributed by atoms with Crippen molar-refractivity contribution >= 4 is 41.1 Å². The van der Waals surface area contributed by atoms with Gasteiger partial charge in [0.2, 0.25) is 5.91 Å². The number of anilines is 1. The summed E-state index contributed by atoms with van der Waals surface area (Å²) in [5.41, 5.74) is 9.66. The summed E-state index contributed by atoms with van der Waals surface area (Å²) in [7, 11) is 0. The molecule has 0 fully saturated rings. The average molecular weight is 605 g/mol. The molecule has 0 spiro atoms. The van der Waals surface area contributed by atoms with Crippen LogP contribution in [-0.4, -0.2) is 46.3 Å². The highest BCUT2D eigenvalue weighted by atomic mass is 35.5. The maximum Gasteiger partial charge on any atom is 0.219 e. The van der Waals surface area contributed by atoms with Crippen LogP contribution in [0.15, 0.2) is 66.3 Å². The lowest BCUT2D eigenvalue weighted by Gasteiger charge is -2.19. The lowest BCUT2D eigenvalue weighted by Crippen LogP contribution is -2.33. The number of nitrogen functional groups attached to an aromatic ring is 1. The van der Waals surface area contributed by atoms with E-state index in [-0.39, 0.29) is 5.91 Å². The Morgan fingerprint density at radius 2 is 1.66 bits per heavy atom. The molecule has 1 heterocycles. The molecule has 0 radical (unpaired) electrons. The fraction of sp³-hybridized carbons (Fsp3) is 0.455. The SMILES string of the molecule is C=CC(=C/C)/C(=C\C)/C=C/n1nc(-c2cc(Cl)cc(Cl)c2)cc1N.CC.CCC(=O)NC(C)CCCN(CC)CC. The Hall–Kier alpha value is -2.80. The Balaban J connectivity index is 0.000000814. The molecule has 1 aromatic carbocycles. The molecule has 6 nitrogen and oxygen atoms in total. The number of nitrogens with zero attached hydrogens (tertiary/aromatic N) is 3. The highest BCUT2D eigenvalue weighted by Gasteiger charge is 2.08. The molecule has 0 aliphatic heterocycles. The largest absolute Gasteiger partial charge is 0.384 e. The van der Waals surface area contributed by atoms with Gasteiger partial charge < -0.3 is 16.0 Å². The fourth-order valence-electron chi connectivity index (χ4n) is 3.89. The van der Waals surface area contributed by atoms with Crippen LogP contribution in [0.4, 0.5) is 5.82 Å². The minimum absolute atomic E-state index is 0.158. The van der Waals surface area contributed by atoms with Gasteiger partial charge in [0.05, 0.1) is 5.69 Å². The lowest BCUT2D eigenvalue weighted by atomic mass is 10.1. The molecule has 1 aromatic heterocycles. The van der Waals surface area contributed by atoms with Gasteiger partial charge in [0, 0.05) is 40.3 Å². The van der Waals surface area contributed by atoms with Crippen molar-refractivity contribution in [1.82, 2.24) is 20.0 Å². The molecule has 8 heteroatoms. The Bertz CT molecular complexity index is 1130. The average Bonchev–Trinajstić information content (AvgIpc) is 3.34. The van der Waals surface area contributed by atoms with Gasteiger partial charge in [-0.05, 0) is 88.7 Å². The minimum atomic E-state index is 0.158. The zero-order valence-corrected chi connectivity index (χ0v) is 27.8. The number of halogens is 2. The standard InChI is InChI=1S/C19H19Cl2N3.C12H26N2O.C2H6/c1-4-13(5-2)14(6-3)7-8-24-19(22)12-18(23-24)15-9-16(20)11-17(21)10-15;1-5-12(15)13-11(4)9-8-10-14(6-2)7-3;1-2/h4-12H,1,22H2,2-3H3;11H,5-10H2,1-4H3,(H,13,15);1-2H3/b8-7+,13-5-,14-6-;;. The maximum atomic E-state index is 11.1. The Morgan fingerprint density at radius 3 is 2.15 bits per heavy atom. The van der Waals surface area contributed by atoms with Crippen molar-refractivity contribution in [3.63, 3.8) is 0 Å². The van der Waals surface area contributed by atoms with Crippen LogP contribution in [-0.2, 0) is 4.79 Å². The van der Waals surface area contributed by atoms with Crippen molar-refractivity contribution in [2.45, 2.75) is 80.7 Å². The van der Waals surface area contributed by atoms with E-state index in [0.717, 1.165) is 49.2 Å². The second-order valence-electron chi connectivity index (χ2n) is 9.06. The zero-order valence-electron chi connectivity index (χ0n) is 26.3. The molecule has 0 saturated carbocycles. The lowest BCUT2D eigenvalue weighted by molar-refractivity contribution is -0.121. The molecular formula is C33H51Cl2N5O. The number of aromatic nitrogens is 2. The van der Waals surface area contributed by atoms with Gasteiger partial charge in [-0.1, -0.05) is 82.6 Å². The van der Waals surface area contributed by atoms with E-state index in [0.29, 0.717) is 34.0 Å². The van der Waals surface area contributed by atoms with Crippen LogP contribution < -0.4 is 11.1 Å². The number of hydrogen-bond acceptors (Lipinski definition) is 4. The number of carbonyl (C=O) groups excluding carboxylic acids is 1. The smallest absolute Gasteiger partial charge is 0.219 e. The first-order chi connectivity index (χ1) is 19.6. The van der Waals surface area contributed by atoms with E-state index in [9.17, 15) is 4.79 Å². The first-order valence-corrected chi connectivity index (χ1v) is 15.3. The van der Waals surface area contributed by atoms with Crippen molar-refractivity contribution in [2.24, 2.45) is 0 Å². The van der Waals surface area contributed by atoms with E-state index in [2.05, 4.69) is 42.7 Å². The first-order valence-electron chi connectivity index (χ1n) is 14.6. The number of nitrogens with two attached hydrogens (primary N) is 1. The summed E-state index contributed by atoms with van der Waals surface area (Å²) in [6.45, 7) is 23.5. The van der Waals surface area contributed by atoms with Gasteiger partial charge in [0.15, 0.2) is 0 Å². The van der Waals surface area contributed by atoms with E-state index in [4.69, 9.17) is 28.9 Å². The Kier molecular flexibility index (Phi) is 20.4. The van der Waals surface area contributed by atoms with Crippen LogP contribution in [0.25, 0.3) is 17.5 Å². The third-order valence-electron chi connectivity index (χ3n) is 6.23. The molecule has 0 saturated heterocycles. The number of rotatable bonds is 13. The molecular weight excluding hydrogens is 553 g/mol. The van der Waals surface area contributed by atoms with Crippen LogP contribution in [0.2, 0.25) is 10.0 Å². The van der Waals surface area contributed by atoms with E-state index in [1.54, 1.807) is 28.9 Å². The molecule has 41 heavy (non-hydrogen) atoms. The molecule has 1 unspecified atom stereocenters. The third kappa shape index (κ3) is 14.6. The number of allylic oxidation sites excluding steroid dienone is 6. The second kappa shape index (κ2) is 21.9. The van der Waals surface area contributed by atoms with Crippen molar-refractivity contribution in [1.29, 1.82) is 0 Å². The van der Waals surface area contributed by atoms with Gasteiger partial charge in [-0.25, -0.2) is 4.68 Å². The number of carbonyl (C=O) groups is 1. The fourth-order valence-corrected chi connectivity index (χ4v) is 4.42. The van der Waals surface area contributed by atoms with Crippen molar-refractivity contribution < 1.29 is 4.79 Å². The molecule has 2 rings (SSSR count). The van der Waals surface area contributed by atoms with Crippen LogP contribution in [0.3, 0.4) is 0 Å². The highest BCUT2D eigenvalue weighted by molar-refractivity contribution is 6.35. The van der Waals surface area contributed by atoms with Gasteiger partial charge in [-0.15, -0.1) is 0 Å². The molecule has 1 atom stereocenters. The van der Waals surface area contributed by atoms with E-state index >= 15 is 0 Å². The number of hydrogen-bond donors (Lipinski definition) is 2. The third-order valence-corrected chi connectivity index (χ3v) is 6.66. The Morgan fingerprint density at radius 1 is 1.07 bits per heavy atom. The van der Waals surface area contributed by atoms with Gasteiger partial charge in [0.25, 0.3) is 0 Å². The number of amides is 1. The van der Waals surface area contributed by atoms with E-state index < -0.39 is 0 Å². The number of nitrogens with one attached hydrogen (secondary N) is 1. The molecule has 3 N–H and O–H groups in total. The van der Waals surface area contributed by atoms with Gasteiger partial charge in [-0.3, -0.25) is 4.79 Å². The minimum Gasteiger partial charge on any atom is -0.384 e. The second-order valence-corrected chi connectivity index (χ2v) is 9.93. The van der Waals surface area contributed by atoms with Crippen molar-refractivity contribution in [3.8, 4) is 11.3 Å². The normalized spacial score (nSPS) is 12.4. The summed E-state index contributed by atoms with van der Waals surface area (Å²) in [6, 6.07) is 7.38. The molecule has 0 bridgehead atoms. The molecule has 1 amide bonds. The quantitative estimate of drug-likeness (QED) is 0.224. The van der Waals surface area contributed by atoms with Crippen LogP contribution in [0, 0.1) is 0 Å². The van der Waals surface area contributed by atoms with Gasteiger partial charge >= 0.3 is 0 Å². The van der Waals surface area contributed by atoms with Gasteiger partial charge in [-0.2, -0.15) is 5.10 Å². The van der Waals surface area contributed by atoms with Crippen LogP contribution in [0.1, 0.15) is 74.7 Å². The summed E-state index contributed by atoms with van der Waals surface area (Å²) < 4.78 is 1.62. The monoisotopic (exact) mass is 603 g/mol. The topological polar surface area (TPSA) is 76.2 Å². The summed E-state index contributed by atoms with van der Waals surface area (Å²) in [5.74, 6) is 0.679. The van der Waals surface area contributed by atoms with Crippen molar-refractivity contribution in [3.05, 3.63) is 76.3 Å². The number of benzene rings is 1. The highest BCUT2D eigenvalue weighted by Crippen LogP contribution is 2.27. The Labute approximate surface area is 259 Å². The molecule has 228 valence electrons. The summed E-state index contributed by atoms with van der Waals surface area (Å²) in [6.07, 6.45) is 12.4. The predicted octanol–water partition coefficient (Wildman–Crippen LogP) is 9.04. The summed E-state index contributed by atoms with van der Waals surface area (Å²) in [5, 5.41) is 8.59. The van der Waals surface area contributed by atoms with Crippen LogP contribution in [0.5, 0.6) is 0 Å². The van der Waals surface area contributed by atoms with E-state index in [1.165, 1.54) is 0 Å². The summed E-state index contributed by atoms with van der Waals surface area (Å²) in [4.78, 5) is 13.5. The maximum absolute atomic E-state index is 11.1. The molecule has 0 aliphatic carbocycles. The predicted molar refractivity (Wildman–Crippen MR) is 181 cm³/mol. The summed E-state index contributed by atoms with van der Waals surface area (Å²) >= 11 is 12.1. The van der Waals surface area contributed by atoms with Crippen LogP contribution >= 0.6 is 23.2 Å². The van der Waals surface area contributed by atoms with E-state index in [1.807, 2.05) is 65.1 Å². The van der Waals surface area contributed by atoms with Gasteiger partial charge in [0.1, 0.15) is 5.82 Å². The molecule has 0 aliphatic rings. The first kappa shape index (κ1) is 38.2. The van der Waals surface area contributed by atoms with Crippen molar-refractivity contribution in [2.75, 3.05) is 25.4 Å².